The molecule has 1 amide bonds. The van der Waals surface area contributed by atoms with Crippen LogP contribution in [0.4, 0.5) is 4.79 Å². The van der Waals surface area contributed by atoms with E-state index in [1.165, 1.54) is 0 Å². The van der Waals surface area contributed by atoms with Crippen LogP contribution in [0.5, 0.6) is 0 Å². The molecule has 24 heavy (non-hydrogen) atoms. The van der Waals surface area contributed by atoms with E-state index >= 15 is 0 Å². The normalized spacial score (nSPS) is 21.7. The van der Waals surface area contributed by atoms with Gasteiger partial charge in [-0.05, 0) is 64.7 Å². The van der Waals surface area contributed by atoms with Gasteiger partial charge in [0, 0.05) is 16.6 Å². The number of carbonyl (C=O) groups excluding carboxylic acids is 1. The fourth-order valence-corrected chi connectivity index (χ4v) is 3.61. The molecule has 1 saturated carbocycles. The predicted molar refractivity (Wildman–Crippen MR) is 98.1 cm³/mol. The van der Waals surface area contributed by atoms with Gasteiger partial charge >= 0.3 is 6.09 Å². The van der Waals surface area contributed by atoms with Gasteiger partial charge in [-0.15, -0.1) is 0 Å². The van der Waals surface area contributed by atoms with E-state index in [1.807, 2.05) is 39.2 Å². The van der Waals surface area contributed by atoms with Crippen LogP contribution in [0, 0.1) is 0 Å². The predicted octanol–water partition coefficient (Wildman–Crippen LogP) is 4.81. The second kappa shape index (κ2) is 6.75. The van der Waals surface area contributed by atoms with Gasteiger partial charge in [0.1, 0.15) is 5.60 Å². The van der Waals surface area contributed by atoms with Crippen LogP contribution in [0.2, 0.25) is 0 Å². The summed E-state index contributed by atoms with van der Waals surface area (Å²) in [5.41, 5.74) is 1.73. The number of aromatic nitrogens is 2. The molecular weight excluding hydrogens is 370 g/mol. The summed E-state index contributed by atoms with van der Waals surface area (Å²) in [6.45, 7) is 5.64. The Morgan fingerprint density at radius 3 is 2.67 bits per heavy atom. The Morgan fingerprint density at radius 1 is 1.29 bits per heavy atom. The second-order valence-electron chi connectivity index (χ2n) is 7.44. The number of alkyl carbamates (subject to hydrolysis) is 1. The molecule has 6 heteroatoms. The number of rotatable bonds is 2. The number of amides is 1. The number of hydrogen-bond acceptors (Lipinski definition) is 3. The highest BCUT2D eigenvalue weighted by Crippen LogP contribution is 2.32. The summed E-state index contributed by atoms with van der Waals surface area (Å²) in [5.74, 6) is 0. The summed E-state index contributed by atoms with van der Waals surface area (Å²) >= 11 is 3.53. The first-order chi connectivity index (χ1) is 11.3. The van der Waals surface area contributed by atoms with Crippen LogP contribution in [0.1, 0.15) is 52.5 Å². The van der Waals surface area contributed by atoms with Gasteiger partial charge in [-0.1, -0.05) is 15.9 Å². The molecule has 0 aliphatic heterocycles. The van der Waals surface area contributed by atoms with Gasteiger partial charge in [0.25, 0.3) is 0 Å². The van der Waals surface area contributed by atoms with Crippen molar-refractivity contribution in [2.24, 2.45) is 0 Å². The summed E-state index contributed by atoms with van der Waals surface area (Å²) in [6, 6.07) is 6.79. The van der Waals surface area contributed by atoms with Crippen LogP contribution in [0.25, 0.3) is 11.0 Å². The lowest BCUT2D eigenvalue weighted by atomic mass is 9.91. The summed E-state index contributed by atoms with van der Waals surface area (Å²) in [6.07, 6.45) is 5.58. The molecule has 1 aromatic heterocycles. The molecule has 0 bridgehead atoms. The molecule has 2 aromatic rings. The van der Waals surface area contributed by atoms with E-state index in [0.717, 1.165) is 41.2 Å². The van der Waals surface area contributed by atoms with Gasteiger partial charge < -0.3 is 14.6 Å². The molecule has 0 atom stereocenters. The number of hydrogen-bond donors (Lipinski definition) is 1. The van der Waals surface area contributed by atoms with Crippen molar-refractivity contribution in [1.29, 1.82) is 0 Å². The molecule has 0 unspecified atom stereocenters. The van der Waals surface area contributed by atoms with Crippen molar-refractivity contribution in [3.63, 3.8) is 0 Å². The third-order valence-corrected chi connectivity index (χ3v) is 4.84. The molecule has 1 aliphatic rings. The standard InChI is InChI=1S/C18H24BrN3O2/c1-18(2,3)24-17(23)21-13-5-7-14(8-6-13)22-11-20-15-9-4-12(19)10-16(15)22/h4,9-11,13-14H,5-8H2,1-3H3,(H,21,23). The number of nitrogens with zero attached hydrogens (tertiary/aromatic N) is 2. The number of benzene rings is 1. The third kappa shape index (κ3) is 4.09. The Hall–Kier alpha value is -1.56. The Balaban J connectivity index is 1.60. The van der Waals surface area contributed by atoms with E-state index in [0.29, 0.717) is 6.04 Å². The van der Waals surface area contributed by atoms with Crippen LogP contribution in [-0.4, -0.2) is 27.3 Å². The lowest BCUT2D eigenvalue weighted by Gasteiger charge is -2.31. The number of carbonyl (C=O) groups is 1. The van der Waals surface area contributed by atoms with E-state index in [9.17, 15) is 4.79 Å². The van der Waals surface area contributed by atoms with E-state index < -0.39 is 5.60 Å². The number of imidazole rings is 1. The lowest BCUT2D eigenvalue weighted by molar-refractivity contribution is 0.0488. The molecule has 0 spiro atoms. The lowest BCUT2D eigenvalue weighted by Crippen LogP contribution is -2.41. The van der Waals surface area contributed by atoms with Crippen LogP contribution in [-0.2, 0) is 4.74 Å². The topological polar surface area (TPSA) is 56.1 Å². The summed E-state index contributed by atoms with van der Waals surface area (Å²) < 4.78 is 8.67. The fraction of sp³-hybridized carbons (Fsp3) is 0.556. The largest absolute Gasteiger partial charge is 0.444 e. The monoisotopic (exact) mass is 393 g/mol. The molecule has 1 N–H and O–H groups in total. The number of halogens is 1. The molecule has 1 heterocycles. The minimum Gasteiger partial charge on any atom is -0.444 e. The van der Waals surface area contributed by atoms with Crippen LogP contribution in [0.15, 0.2) is 29.0 Å². The minimum atomic E-state index is -0.454. The van der Waals surface area contributed by atoms with E-state index in [2.05, 4.69) is 36.9 Å². The fourth-order valence-electron chi connectivity index (χ4n) is 3.26. The van der Waals surface area contributed by atoms with Gasteiger partial charge in [-0.3, -0.25) is 0 Å². The van der Waals surface area contributed by atoms with E-state index in [1.54, 1.807) is 0 Å². The van der Waals surface area contributed by atoms with Crippen molar-refractivity contribution in [3.05, 3.63) is 29.0 Å². The molecule has 0 saturated heterocycles. The molecule has 0 radical (unpaired) electrons. The van der Waals surface area contributed by atoms with E-state index in [4.69, 9.17) is 4.74 Å². The number of nitrogens with one attached hydrogen (secondary N) is 1. The highest BCUT2D eigenvalue weighted by molar-refractivity contribution is 9.10. The Kier molecular flexibility index (Phi) is 4.85. The first-order valence-electron chi connectivity index (χ1n) is 8.43. The molecule has 1 aliphatic carbocycles. The Labute approximate surface area is 150 Å². The summed E-state index contributed by atoms with van der Waals surface area (Å²) in [5, 5.41) is 2.99. The highest BCUT2D eigenvalue weighted by Gasteiger charge is 2.26. The average molecular weight is 394 g/mol. The zero-order valence-corrected chi connectivity index (χ0v) is 16.0. The maximum Gasteiger partial charge on any atom is 0.407 e. The molecule has 3 rings (SSSR count). The van der Waals surface area contributed by atoms with Crippen molar-refractivity contribution < 1.29 is 9.53 Å². The maximum absolute atomic E-state index is 11.9. The van der Waals surface area contributed by atoms with Crippen molar-refractivity contribution in [1.82, 2.24) is 14.9 Å². The number of ether oxygens (including phenoxy) is 1. The zero-order chi connectivity index (χ0) is 17.3. The van der Waals surface area contributed by atoms with Crippen molar-refractivity contribution in [2.45, 2.75) is 64.1 Å². The highest BCUT2D eigenvalue weighted by atomic mass is 79.9. The minimum absolute atomic E-state index is 0.192. The first-order valence-corrected chi connectivity index (χ1v) is 9.23. The second-order valence-corrected chi connectivity index (χ2v) is 8.35. The van der Waals surface area contributed by atoms with Crippen molar-refractivity contribution in [3.8, 4) is 0 Å². The maximum atomic E-state index is 11.9. The Bertz CT molecular complexity index is 727. The van der Waals surface area contributed by atoms with Crippen molar-refractivity contribution >= 4 is 33.1 Å². The van der Waals surface area contributed by atoms with Gasteiger partial charge in [0.15, 0.2) is 0 Å². The first kappa shape index (κ1) is 17.3. The SMILES string of the molecule is CC(C)(C)OC(=O)NC1CCC(n2cnc3ccc(Br)cc32)CC1. The average Bonchev–Trinajstić information content (AvgIpc) is 2.89. The van der Waals surface area contributed by atoms with Gasteiger partial charge in [0.2, 0.25) is 0 Å². The summed E-state index contributed by atoms with van der Waals surface area (Å²) in [7, 11) is 0. The third-order valence-electron chi connectivity index (χ3n) is 4.35. The van der Waals surface area contributed by atoms with E-state index in [-0.39, 0.29) is 12.1 Å². The van der Waals surface area contributed by atoms with Gasteiger partial charge in [-0.25, -0.2) is 9.78 Å². The molecular formula is C18H24BrN3O2. The zero-order valence-electron chi connectivity index (χ0n) is 14.4. The molecule has 5 nitrogen and oxygen atoms in total. The van der Waals surface area contributed by atoms with Crippen LogP contribution in [0.3, 0.4) is 0 Å². The van der Waals surface area contributed by atoms with Crippen LogP contribution >= 0.6 is 15.9 Å². The van der Waals surface area contributed by atoms with Crippen molar-refractivity contribution in [2.75, 3.05) is 0 Å². The quantitative estimate of drug-likeness (QED) is 0.796. The molecule has 1 fully saturated rings. The molecule has 130 valence electrons. The summed E-state index contributed by atoms with van der Waals surface area (Å²) in [4.78, 5) is 16.4. The van der Waals surface area contributed by atoms with Gasteiger partial charge in [0.05, 0.1) is 17.4 Å². The smallest absolute Gasteiger partial charge is 0.407 e. The Morgan fingerprint density at radius 2 is 2.00 bits per heavy atom. The molecule has 1 aromatic carbocycles. The van der Waals surface area contributed by atoms with Crippen LogP contribution < -0.4 is 5.32 Å². The number of fused-ring (bicyclic) bond motifs is 1. The van der Waals surface area contributed by atoms with Gasteiger partial charge in [-0.2, -0.15) is 0 Å².